The molecule has 7 heteroatoms. The van der Waals surface area contributed by atoms with Gasteiger partial charge in [-0.15, -0.1) is 0 Å². The van der Waals surface area contributed by atoms with Gasteiger partial charge in [0.2, 0.25) is 0 Å². The molecule has 24 heavy (non-hydrogen) atoms. The molecule has 1 aliphatic heterocycles. The van der Waals surface area contributed by atoms with Gasteiger partial charge in [-0.25, -0.2) is 12.8 Å². The minimum atomic E-state index is -3.72. The molecule has 4 nitrogen and oxygen atoms in total. The van der Waals surface area contributed by atoms with Gasteiger partial charge in [-0.05, 0) is 30.7 Å². The Morgan fingerprint density at radius 2 is 1.92 bits per heavy atom. The van der Waals surface area contributed by atoms with E-state index in [1.54, 1.807) is 49.4 Å². The van der Waals surface area contributed by atoms with Crippen LogP contribution in [0.3, 0.4) is 0 Å². The van der Waals surface area contributed by atoms with Crippen LogP contribution in [0.15, 0.2) is 59.1 Å². The van der Waals surface area contributed by atoms with Crippen molar-refractivity contribution in [3.8, 4) is 0 Å². The lowest BCUT2D eigenvalue weighted by atomic mass is 10.1. The zero-order valence-electron chi connectivity index (χ0n) is 12.8. The van der Waals surface area contributed by atoms with E-state index in [-0.39, 0.29) is 23.1 Å². The summed E-state index contributed by atoms with van der Waals surface area (Å²) in [5.41, 5.74) is 1.37. The van der Waals surface area contributed by atoms with E-state index in [1.165, 1.54) is 6.07 Å². The van der Waals surface area contributed by atoms with Crippen molar-refractivity contribution in [3.05, 3.63) is 76.1 Å². The first-order valence-corrected chi connectivity index (χ1v) is 9.02. The van der Waals surface area contributed by atoms with Crippen LogP contribution in [-0.4, -0.2) is 14.3 Å². The van der Waals surface area contributed by atoms with Gasteiger partial charge in [0.25, 0.3) is 10.0 Å². The third-order valence-electron chi connectivity index (χ3n) is 3.65. The number of sulfonamides is 1. The predicted molar refractivity (Wildman–Crippen MR) is 93.6 cm³/mol. The smallest absolute Gasteiger partial charge is 0.263 e. The molecule has 0 spiro atoms. The summed E-state index contributed by atoms with van der Waals surface area (Å²) in [6, 6.07) is 12.9. The highest BCUT2D eigenvalue weighted by Gasteiger charge is 2.32. The van der Waals surface area contributed by atoms with Crippen molar-refractivity contribution in [2.45, 2.75) is 13.5 Å². The summed E-state index contributed by atoms with van der Waals surface area (Å²) < 4.78 is 40.9. The average molecular weight is 365 g/mol. The van der Waals surface area contributed by atoms with E-state index in [2.05, 4.69) is 9.71 Å². The van der Waals surface area contributed by atoms with Gasteiger partial charge in [0.05, 0.1) is 6.54 Å². The molecule has 1 aliphatic rings. The lowest BCUT2D eigenvalue weighted by Crippen LogP contribution is -2.23. The van der Waals surface area contributed by atoms with Crippen LogP contribution >= 0.6 is 11.6 Å². The van der Waals surface area contributed by atoms with Crippen LogP contribution < -0.4 is 4.72 Å². The SMILES string of the molecule is CC1=C(c2cccc(Cl)c2)S(=O)(=O)NC1=NCc1ccccc1F. The maximum atomic E-state index is 13.7. The highest BCUT2D eigenvalue weighted by atomic mass is 35.5. The Hall–Kier alpha value is -2.18. The first kappa shape index (κ1) is 16.7. The first-order valence-electron chi connectivity index (χ1n) is 7.16. The second-order valence-electron chi connectivity index (χ2n) is 5.33. The maximum absolute atomic E-state index is 13.7. The number of hydrogen-bond acceptors (Lipinski definition) is 3. The summed E-state index contributed by atoms with van der Waals surface area (Å²) in [6.45, 7) is 1.71. The van der Waals surface area contributed by atoms with Crippen LogP contribution in [0.2, 0.25) is 5.02 Å². The molecule has 0 bridgehead atoms. The number of rotatable bonds is 3. The van der Waals surface area contributed by atoms with E-state index >= 15 is 0 Å². The Kier molecular flexibility index (Phi) is 4.43. The quantitative estimate of drug-likeness (QED) is 0.901. The van der Waals surface area contributed by atoms with Gasteiger partial charge in [-0.3, -0.25) is 9.71 Å². The minimum Gasteiger partial charge on any atom is -0.263 e. The summed E-state index contributed by atoms with van der Waals surface area (Å²) >= 11 is 5.95. The zero-order valence-corrected chi connectivity index (χ0v) is 14.3. The molecule has 1 heterocycles. The molecule has 2 aromatic carbocycles. The number of halogens is 2. The zero-order chi connectivity index (χ0) is 17.3. The van der Waals surface area contributed by atoms with E-state index in [1.807, 2.05) is 0 Å². The van der Waals surface area contributed by atoms with Crippen molar-refractivity contribution < 1.29 is 12.8 Å². The van der Waals surface area contributed by atoms with Crippen LogP contribution in [0.4, 0.5) is 4.39 Å². The van der Waals surface area contributed by atoms with Crippen LogP contribution in [0, 0.1) is 5.82 Å². The molecule has 2 aromatic rings. The number of benzene rings is 2. The standard InChI is InChI=1S/C17H14ClFN2O2S/c1-11-16(12-6-4-7-14(18)9-12)24(22,23)21-17(11)20-10-13-5-2-3-8-15(13)19/h2-9H,10H2,1H3,(H,20,21). The van der Waals surface area contributed by atoms with Gasteiger partial charge in [-0.2, -0.15) is 0 Å². The second kappa shape index (κ2) is 6.37. The average Bonchev–Trinajstić information content (AvgIpc) is 2.75. The van der Waals surface area contributed by atoms with Crippen molar-refractivity contribution in [1.82, 2.24) is 4.72 Å². The molecule has 0 saturated heterocycles. The summed E-state index contributed by atoms with van der Waals surface area (Å²) in [5, 5.41) is 0.444. The van der Waals surface area contributed by atoms with Gasteiger partial charge in [0.1, 0.15) is 16.6 Å². The Labute approximate surface area is 144 Å². The van der Waals surface area contributed by atoms with E-state index in [0.29, 0.717) is 21.7 Å². The molecule has 0 unspecified atom stereocenters. The first-order chi connectivity index (χ1) is 11.4. The second-order valence-corrected chi connectivity index (χ2v) is 7.38. The fraction of sp³-hybridized carbons (Fsp3) is 0.118. The molecule has 0 atom stereocenters. The van der Waals surface area contributed by atoms with Crippen molar-refractivity contribution in [2.75, 3.05) is 0 Å². The molecule has 124 valence electrons. The van der Waals surface area contributed by atoms with Crippen LogP contribution in [-0.2, 0) is 16.6 Å². The highest BCUT2D eigenvalue weighted by Crippen LogP contribution is 2.31. The molecule has 1 N–H and O–H groups in total. The number of aliphatic imine (C=N–C) groups is 1. The molecular weight excluding hydrogens is 351 g/mol. The Morgan fingerprint density at radius 1 is 1.17 bits per heavy atom. The summed E-state index contributed by atoms with van der Waals surface area (Å²) in [7, 11) is -3.72. The lowest BCUT2D eigenvalue weighted by molar-refractivity contribution is 0.603. The topological polar surface area (TPSA) is 58.5 Å². The van der Waals surface area contributed by atoms with Crippen LogP contribution in [0.25, 0.3) is 4.91 Å². The summed E-state index contributed by atoms with van der Waals surface area (Å²) in [4.78, 5) is 4.36. The van der Waals surface area contributed by atoms with Gasteiger partial charge in [0, 0.05) is 16.2 Å². The molecule has 0 radical (unpaired) electrons. The van der Waals surface area contributed by atoms with E-state index in [9.17, 15) is 12.8 Å². The highest BCUT2D eigenvalue weighted by molar-refractivity contribution is 8.00. The number of amidine groups is 1. The third-order valence-corrected chi connectivity index (χ3v) is 5.42. The Balaban J connectivity index is 2.00. The Bertz CT molecular complexity index is 968. The molecule has 0 saturated carbocycles. The largest absolute Gasteiger partial charge is 0.264 e. The van der Waals surface area contributed by atoms with Gasteiger partial charge < -0.3 is 0 Å². The number of nitrogens with one attached hydrogen (secondary N) is 1. The van der Waals surface area contributed by atoms with E-state index in [4.69, 9.17) is 11.6 Å². The molecular formula is C17H14ClFN2O2S. The van der Waals surface area contributed by atoms with Crippen molar-refractivity contribution in [2.24, 2.45) is 4.99 Å². The lowest BCUT2D eigenvalue weighted by Gasteiger charge is -2.03. The van der Waals surface area contributed by atoms with E-state index < -0.39 is 10.0 Å². The molecule has 3 rings (SSSR count). The monoisotopic (exact) mass is 364 g/mol. The number of hydrogen-bond donors (Lipinski definition) is 1. The molecule has 0 amide bonds. The fourth-order valence-electron chi connectivity index (χ4n) is 2.51. The third kappa shape index (κ3) is 3.20. The van der Waals surface area contributed by atoms with Gasteiger partial charge in [-0.1, -0.05) is 41.9 Å². The van der Waals surface area contributed by atoms with Gasteiger partial charge in [0.15, 0.2) is 0 Å². The van der Waals surface area contributed by atoms with Crippen LogP contribution in [0.5, 0.6) is 0 Å². The minimum absolute atomic E-state index is 0.0463. The van der Waals surface area contributed by atoms with Gasteiger partial charge >= 0.3 is 0 Å². The summed E-state index contributed by atoms with van der Waals surface area (Å²) in [6.07, 6.45) is 0. The fourth-order valence-corrected chi connectivity index (χ4v) is 4.21. The molecule has 0 aromatic heterocycles. The number of nitrogens with zero attached hydrogens (tertiary/aromatic N) is 1. The van der Waals surface area contributed by atoms with Crippen molar-refractivity contribution in [3.63, 3.8) is 0 Å². The summed E-state index contributed by atoms with van der Waals surface area (Å²) in [5.74, 6) is -0.160. The van der Waals surface area contributed by atoms with E-state index in [0.717, 1.165) is 0 Å². The van der Waals surface area contributed by atoms with Crippen molar-refractivity contribution in [1.29, 1.82) is 0 Å². The van der Waals surface area contributed by atoms with Crippen LogP contribution in [0.1, 0.15) is 18.1 Å². The normalized spacial score (nSPS) is 18.0. The molecule has 0 aliphatic carbocycles. The van der Waals surface area contributed by atoms with Crippen molar-refractivity contribution >= 4 is 32.4 Å². The molecule has 0 fully saturated rings. The maximum Gasteiger partial charge on any atom is 0.264 e. The Morgan fingerprint density at radius 3 is 2.62 bits per heavy atom. The predicted octanol–water partition coefficient (Wildman–Crippen LogP) is 3.74.